The van der Waals surface area contributed by atoms with Crippen LogP contribution in [0.3, 0.4) is 0 Å². The van der Waals surface area contributed by atoms with E-state index in [-0.39, 0.29) is 0 Å². The molecule has 2 aromatic heterocycles. The quantitative estimate of drug-likeness (QED) is 0.766. The van der Waals surface area contributed by atoms with E-state index in [9.17, 15) is 4.79 Å². The number of carbonyl (C=O) groups excluding carboxylic acids is 1. The Morgan fingerprint density at radius 1 is 1.60 bits per heavy atom. The highest BCUT2D eigenvalue weighted by molar-refractivity contribution is 7.98. The zero-order valence-electron chi connectivity index (χ0n) is 10.9. The van der Waals surface area contributed by atoms with Crippen LogP contribution in [0.15, 0.2) is 27.3 Å². The number of rotatable bonds is 7. The van der Waals surface area contributed by atoms with Crippen LogP contribution in [-0.4, -0.2) is 34.5 Å². The van der Waals surface area contributed by atoms with Crippen LogP contribution < -0.4 is 5.73 Å². The van der Waals surface area contributed by atoms with Gasteiger partial charge in [-0.2, -0.15) is 16.7 Å². The second kappa shape index (κ2) is 7.11. The lowest BCUT2D eigenvalue weighted by molar-refractivity contribution is -0.144. The molecule has 0 saturated heterocycles. The number of nitrogens with zero attached hydrogens (tertiary/aromatic N) is 2. The Bertz CT molecular complexity index is 541. The van der Waals surface area contributed by atoms with Crippen molar-refractivity contribution in [2.45, 2.75) is 18.7 Å². The molecule has 0 aliphatic heterocycles. The Morgan fingerprint density at radius 3 is 3.15 bits per heavy atom. The summed E-state index contributed by atoms with van der Waals surface area (Å²) in [6.07, 6.45) is 1.53. The van der Waals surface area contributed by atoms with Gasteiger partial charge in [0.25, 0.3) is 5.89 Å². The molecule has 0 aliphatic rings. The minimum Gasteiger partial charge on any atom is -0.465 e. The average Bonchev–Trinajstić information content (AvgIpc) is 3.09. The van der Waals surface area contributed by atoms with Gasteiger partial charge in [0.2, 0.25) is 0 Å². The highest BCUT2D eigenvalue weighted by Crippen LogP contribution is 2.19. The Balaban J connectivity index is 1.79. The summed E-state index contributed by atoms with van der Waals surface area (Å²) in [5.41, 5.74) is 5.68. The van der Waals surface area contributed by atoms with Crippen LogP contribution in [0.2, 0.25) is 0 Å². The van der Waals surface area contributed by atoms with Crippen LogP contribution in [0.25, 0.3) is 11.7 Å². The molecular weight excluding hydrogens is 282 g/mol. The van der Waals surface area contributed by atoms with Crippen molar-refractivity contribution in [2.75, 3.05) is 12.4 Å². The monoisotopic (exact) mass is 297 g/mol. The fraction of sp³-hybridized carbons (Fsp3) is 0.417. The number of carbonyl (C=O) groups is 1. The molecule has 1 atom stereocenters. The molecular formula is C12H15N3O4S. The van der Waals surface area contributed by atoms with E-state index in [1.807, 2.05) is 0 Å². The van der Waals surface area contributed by atoms with Crippen LogP contribution >= 0.6 is 11.8 Å². The van der Waals surface area contributed by atoms with Crippen molar-refractivity contribution in [3.63, 3.8) is 0 Å². The van der Waals surface area contributed by atoms with Gasteiger partial charge in [0, 0.05) is 5.75 Å². The molecule has 108 valence electrons. The third-order valence-corrected chi connectivity index (χ3v) is 3.38. The van der Waals surface area contributed by atoms with Crippen molar-refractivity contribution < 1.29 is 18.5 Å². The average molecular weight is 297 g/mol. The largest absolute Gasteiger partial charge is 0.465 e. The van der Waals surface area contributed by atoms with Gasteiger partial charge in [-0.05, 0) is 19.1 Å². The van der Waals surface area contributed by atoms with Gasteiger partial charge < -0.3 is 19.4 Å². The minimum absolute atomic E-state index is 0.328. The fourth-order valence-corrected chi connectivity index (χ4v) is 2.22. The molecule has 20 heavy (non-hydrogen) atoms. The smallest absolute Gasteiger partial charge is 0.323 e. The van der Waals surface area contributed by atoms with Gasteiger partial charge in [0.1, 0.15) is 6.04 Å². The predicted octanol–water partition coefficient (Wildman–Crippen LogP) is 1.45. The second-order valence-corrected chi connectivity index (χ2v) is 4.90. The van der Waals surface area contributed by atoms with Gasteiger partial charge in [-0.25, -0.2) is 0 Å². The van der Waals surface area contributed by atoms with E-state index in [0.717, 1.165) is 0 Å². The third-order valence-electron chi connectivity index (χ3n) is 2.32. The zero-order valence-corrected chi connectivity index (χ0v) is 11.8. The summed E-state index contributed by atoms with van der Waals surface area (Å²) >= 11 is 1.44. The molecule has 0 aromatic carbocycles. The molecule has 8 heteroatoms. The van der Waals surface area contributed by atoms with E-state index in [1.165, 1.54) is 18.0 Å². The number of aromatic nitrogens is 2. The normalized spacial score (nSPS) is 12.3. The van der Waals surface area contributed by atoms with Crippen LogP contribution in [-0.2, 0) is 15.3 Å². The Hall–Kier alpha value is -1.80. The Morgan fingerprint density at radius 2 is 2.45 bits per heavy atom. The number of nitrogens with two attached hydrogens (primary N) is 1. The van der Waals surface area contributed by atoms with Crippen LogP contribution in [0, 0.1) is 0 Å². The lowest BCUT2D eigenvalue weighted by Crippen LogP contribution is -2.34. The molecule has 0 saturated carbocycles. The van der Waals surface area contributed by atoms with E-state index in [4.69, 9.17) is 19.4 Å². The molecule has 7 nitrogen and oxygen atoms in total. The van der Waals surface area contributed by atoms with E-state index < -0.39 is 12.0 Å². The highest BCUT2D eigenvalue weighted by Gasteiger charge is 2.16. The van der Waals surface area contributed by atoms with Gasteiger partial charge in [-0.15, -0.1) is 0 Å². The molecule has 2 N–H and O–H groups in total. The zero-order chi connectivity index (χ0) is 14.4. The summed E-state index contributed by atoms with van der Waals surface area (Å²) in [5, 5.41) is 3.83. The third kappa shape index (κ3) is 3.84. The van der Waals surface area contributed by atoms with Crippen LogP contribution in [0.4, 0.5) is 0 Å². The van der Waals surface area contributed by atoms with Gasteiger partial charge >= 0.3 is 5.97 Å². The summed E-state index contributed by atoms with van der Waals surface area (Å²) in [5.74, 6) is 1.92. The van der Waals surface area contributed by atoms with Gasteiger partial charge in [0.15, 0.2) is 11.6 Å². The van der Waals surface area contributed by atoms with E-state index in [0.29, 0.717) is 35.6 Å². The lowest BCUT2D eigenvalue weighted by Gasteiger charge is -2.08. The second-order valence-electron chi connectivity index (χ2n) is 3.87. The Labute approximate surface area is 119 Å². The molecule has 0 aliphatic carbocycles. The molecule has 2 heterocycles. The van der Waals surface area contributed by atoms with E-state index in [2.05, 4.69) is 10.1 Å². The summed E-state index contributed by atoms with van der Waals surface area (Å²) in [4.78, 5) is 15.5. The Kier molecular flexibility index (Phi) is 5.19. The highest BCUT2D eigenvalue weighted by atomic mass is 32.2. The number of ether oxygens (including phenoxy) is 1. The first-order chi connectivity index (χ1) is 9.70. The van der Waals surface area contributed by atoms with E-state index >= 15 is 0 Å². The van der Waals surface area contributed by atoms with Crippen molar-refractivity contribution in [2.24, 2.45) is 5.73 Å². The molecule has 0 spiro atoms. The molecule has 0 bridgehead atoms. The van der Waals surface area contributed by atoms with Gasteiger partial charge in [0.05, 0.1) is 18.6 Å². The maximum Gasteiger partial charge on any atom is 0.323 e. The number of furan rings is 1. The topological polar surface area (TPSA) is 104 Å². The van der Waals surface area contributed by atoms with Crippen molar-refractivity contribution in [1.29, 1.82) is 0 Å². The molecule has 0 amide bonds. The fourth-order valence-electron chi connectivity index (χ4n) is 1.41. The maximum absolute atomic E-state index is 11.3. The lowest BCUT2D eigenvalue weighted by atomic mass is 10.4. The van der Waals surface area contributed by atoms with Crippen molar-refractivity contribution >= 4 is 17.7 Å². The van der Waals surface area contributed by atoms with Crippen LogP contribution in [0.5, 0.6) is 0 Å². The van der Waals surface area contributed by atoms with E-state index in [1.54, 1.807) is 19.1 Å². The summed E-state index contributed by atoms with van der Waals surface area (Å²) < 4.78 is 15.0. The molecule has 2 aromatic rings. The molecule has 2 rings (SSSR count). The number of hydrogen-bond donors (Lipinski definition) is 1. The standard InChI is InChI=1S/C12H15N3O4S/c1-2-17-12(16)8(13)6-20-7-10-14-11(19-15-10)9-4-3-5-18-9/h3-5,8H,2,6-7,13H2,1H3. The number of thioether (sulfide) groups is 1. The summed E-state index contributed by atoms with van der Waals surface area (Å²) in [6.45, 7) is 2.07. The van der Waals surface area contributed by atoms with Crippen molar-refractivity contribution in [3.05, 3.63) is 24.2 Å². The predicted molar refractivity (Wildman–Crippen MR) is 72.8 cm³/mol. The summed E-state index contributed by atoms with van der Waals surface area (Å²) in [6, 6.07) is 2.84. The summed E-state index contributed by atoms with van der Waals surface area (Å²) in [7, 11) is 0. The van der Waals surface area contributed by atoms with Crippen LogP contribution in [0.1, 0.15) is 12.7 Å². The first-order valence-electron chi connectivity index (χ1n) is 6.07. The van der Waals surface area contributed by atoms with Gasteiger partial charge in [-0.3, -0.25) is 4.79 Å². The maximum atomic E-state index is 11.3. The van der Waals surface area contributed by atoms with Crippen molar-refractivity contribution in [1.82, 2.24) is 10.1 Å². The van der Waals surface area contributed by atoms with Gasteiger partial charge in [-0.1, -0.05) is 5.16 Å². The molecule has 0 radical (unpaired) electrons. The first-order valence-corrected chi connectivity index (χ1v) is 7.22. The minimum atomic E-state index is -0.642. The number of esters is 1. The number of hydrogen-bond acceptors (Lipinski definition) is 8. The molecule has 0 fully saturated rings. The first kappa shape index (κ1) is 14.6. The SMILES string of the molecule is CCOC(=O)C(N)CSCc1noc(-c2ccco2)n1. The molecule has 1 unspecified atom stereocenters. The van der Waals surface area contributed by atoms with Crippen molar-refractivity contribution in [3.8, 4) is 11.7 Å².